The molecule has 11 heteroatoms. The molecular formula is C15H24F2N4O4S. The van der Waals surface area contributed by atoms with E-state index in [1.54, 1.807) is 13.0 Å². The van der Waals surface area contributed by atoms with Crippen LogP contribution in [0.5, 0.6) is 11.5 Å². The molecule has 0 saturated heterocycles. The Bertz CT molecular complexity index is 699. The number of nitrogens with one attached hydrogen (secondary N) is 3. The number of benzene rings is 1. The van der Waals surface area contributed by atoms with E-state index in [0.29, 0.717) is 23.8 Å². The molecule has 148 valence electrons. The van der Waals surface area contributed by atoms with Crippen LogP contribution in [0.25, 0.3) is 0 Å². The van der Waals surface area contributed by atoms with Crippen molar-refractivity contribution in [1.82, 2.24) is 15.4 Å². The molecule has 0 radical (unpaired) electrons. The van der Waals surface area contributed by atoms with E-state index in [1.165, 1.54) is 26.3 Å². The third-order valence-electron chi connectivity index (χ3n) is 3.27. The molecule has 1 aromatic rings. The Hall–Kier alpha value is -2.14. The summed E-state index contributed by atoms with van der Waals surface area (Å²) >= 11 is 0. The van der Waals surface area contributed by atoms with Crippen LogP contribution < -0.4 is 24.8 Å². The Balaban J connectivity index is 2.62. The predicted octanol–water partition coefficient (Wildman–Crippen LogP) is 0.901. The molecule has 0 amide bonds. The highest BCUT2D eigenvalue weighted by atomic mass is 32.2. The van der Waals surface area contributed by atoms with Gasteiger partial charge in [-0.25, -0.2) is 13.1 Å². The second kappa shape index (κ2) is 10.8. The Morgan fingerprint density at radius 3 is 2.58 bits per heavy atom. The number of alkyl halides is 2. The standard InChI is InChI=1S/C15H24F2N4O4S/c1-4-26(22,23)21-8-7-19-15(18-2)20-10-11-9-12(24-3)5-6-13(11)25-14(16)17/h5-6,9,14,21H,4,7-8,10H2,1-3H3,(H2,18,19,20). The van der Waals surface area contributed by atoms with Crippen LogP contribution in [0.4, 0.5) is 8.78 Å². The summed E-state index contributed by atoms with van der Waals surface area (Å²) < 4.78 is 59.7. The third kappa shape index (κ3) is 7.83. The molecule has 0 aliphatic rings. The number of ether oxygens (including phenoxy) is 2. The normalized spacial score (nSPS) is 12.2. The van der Waals surface area contributed by atoms with Gasteiger partial charge >= 0.3 is 6.61 Å². The van der Waals surface area contributed by atoms with Crippen LogP contribution in [0.2, 0.25) is 0 Å². The fourth-order valence-electron chi connectivity index (χ4n) is 1.92. The lowest BCUT2D eigenvalue weighted by molar-refractivity contribution is -0.0505. The summed E-state index contributed by atoms with van der Waals surface area (Å²) in [6.07, 6.45) is 0. The van der Waals surface area contributed by atoms with Gasteiger partial charge in [-0.1, -0.05) is 0 Å². The van der Waals surface area contributed by atoms with Gasteiger partial charge in [0.25, 0.3) is 0 Å². The molecule has 1 aromatic carbocycles. The molecule has 0 fully saturated rings. The molecule has 1 rings (SSSR count). The minimum Gasteiger partial charge on any atom is -0.497 e. The maximum Gasteiger partial charge on any atom is 0.387 e. The maximum atomic E-state index is 12.5. The van der Waals surface area contributed by atoms with Gasteiger partial charge in [-0.05, 0) is 25.1 Å². The SMILES string of the molecule is CCS(=O)(=O)NCCNC(=NC)NCc1cc(OC)ccc1OC(F)F. The smallest absolute Gasteiger partial charge is 0.387 e. The molecule has 3 N–H and O–H groups in total. The van der Waals surface area contributed by atoms with Gasteiger partial charge in [-0.2, -0.15) is 8.78 Å². The van der Waals surface area contributed by atoms with Crippen molar-refractivity contribution in [3.8, 4) is 11.5 Å². The molecular weight excluding hydrogens is 370 g/mol. The number of aliphatic imine (C=N–C) groups is 1. The zero-order valence-corrected chi connectivity index (χ0v) is 15.7. The maximum absolute atomic E-state index is 12.5. The zero-order valence-electron chi connectivity index (χ0n) is 14.9. The number of hydrogen-bond acceptors (Lipinski definition) is 5. The molecule has 0 saturated carbocycles. The summed E-state index contributed by atoms with van der Waals surface area (Å²) in [5.41, 5.74) is 0.458. The van der Waals surface area contributed by atoms with Gasteiger partial charge in [0.1, 0.15) is 11.5 Å². The summed E-state index contributed by atoms with van der Waals surface area (Å²) in [5, 5.41) is 5.86. The van der Waals surface area contributed by atoms with Gasteiger partial charge < -0.3 is 20.1 Å². The van der Waals surface area contributed by atoms with Crippen LogP contribution in [0, 0.1) is 0 Å². The van der Waals surface area contributed by atoms with Crippen LogP contribution in [-0.2, 0) is 16.6 Å². The highest BCUT2D eigenvalue weighted by Crippen LogP contribution is 2.25. The average Bonchev–Trinajstić information content (AvgIpc) is 2.61. The van der Waals surface area contributed by atoms with E-state index in [0.717, 1.165) is 0 Å². The van der Waals surface area contributed by atoms with E-state index in [9.17, 15) is 17.2 Å². The van der Waals surface area contributed by atoms with Crippen molar-refractivity contribution >= 4 is 16.0 Å². The summed E-state index contributed by atoms with van der Waals surface area (Å²) in [7, 11) is -0.250. The first kappa shape index (κ1) is 21.9. The number of methoxy groups -OCH3 is 1. The molecule has 26 heavy (non-hydrogen) atoms. The fraction of sp³-hybridized carbons (Fsp3) is 0.533. The van der Waals surface area contributed by atoms with Crippen LogP contribution in [-0.4, -0.2) is 54.0 Å². The monoisotopic (exact) mass is 394 g/mol. The second-order valence-corrected chi connectivity index (χ2v) is 7.10. The van der Waals surface area contributed by atoms with Crippen LogP contribution >= 0.6 is 0 Å². The number of halogens is 2. The van der Waals surface area contributed by atoms with Gasteiger partial charge in [0.05, 0.1) is 12.9 Å². The molecule has 0 spiro atoms. The lowest BCUT2D eigenvalue weighted by Crippen LogP contribution is -2.41. The first-order valence-corrected chi connectivity index (χ1v) is 9.50. The lowest BCUT2D eigenvalue weighted by atomic mass is 10.2. The summed E-state index contributed by atoms with van der Waals surface area (Å²) in [4.78, 5) is 3.99. The van der Waals surface area contributed by atoms with Crippen LogP contribution in [0.3, 0.4) is 0 Å². The number of rotatable bonds is 10. The van der Waals surface area contributed by atoms with Crippen molar-refractivity contribution in [1.29, 1.82) is 0 Å². The predicted molar refractivity (Wildman–Crippen MR) is 95.3 cm³/mol. The fourth-order valence-corrected chi connectivity index (χ4v) is 2.54. The minimum absolute atomic E-state index is 0.00271. The number of sulfonamides is 1. The second-order valence-electron chi connectivity index (χ2n) is 5.00. The van der Waals surface area contributed by atoms with Gasteiger partial charge in [-0.3, -0.25) is 4.99 Å². The lowest BCUT2D eigenvalue weighted by Gasteiger charge is -2.15. The summed E-state index contributed by atoms with van der Waals surface area (Å²) in [5.74, 6) is 0.911. The first-order chi connectivity index (χ1) is 12.3. The topological polar surface area (TPSA) is 101 Å². The molecule has 0 heterocycles. The Morgan fingerprint density at radius 2 is 2.00 bits per heavy atom. The van der Waals surface area contributed by atoms with Crippen LogP contribution in [0.1, 0.15) is 12.5 Å². The Labute approximate surface area is 152 Å². The summed E-state index contributed by atoms with van der Waals surface area (Å²) in [6, 6.07) is 4.50. The highest BCUT2D eigenvalue weighted by molar-refractivity contribution is 7.89. The van der Waals surface area contributed by atoms with E-state index in [-0.39, 0.29) is 24.6 Å². The quantitative estimate of drug-likeness (QED) is 0.310. The number of hydrogen-bond donors (Lipinski definition) is 3. The van der Waals surface area contributed by atoms with E-state index in [1.807, 2.05) is 0 Å². The average molecular weight is 394 g/mol. The first-order valence-electron chi connectivity index (χ1n) is 7.84. The number of guanidine groups is 1. The number of nitrogens with zero attached hydrogens (tertiary/aromatic N) is 1. The van der Waals surface area contributed by atoms with Crippen molar-refractivity contribution in [2.24, 2.45) is 4.99 Å². The molecule has 8 nitrogen and oxygen atoms in total. The van der Waals surface area contributed by atoms with E-state index >= 15 is 0 Å². The minimum atomic E-state index is -3.26. The zero-order chi connectivity index (χ0) is 19.6. The molecule has 0 aromatic heterocycles. The molecule has 0 aliphatic carbocycles. The van der Waals surface area contributed by atoms with E-state index in [4.69, 9.17) is 4.74 Å². The van der Waals surface area contributed by atoms with E-state index < -0.39 is 16.6 Å². The summed E-state index contributed by atoms with van der Waals surface area (Å²) in [6.45, 7) is -0.748. The van der Waals surface area contributed by atoms with Gasteiger partial charge in [0, 0.05) is 32.2 Å². The van der Waals surface area contributed by atoms with Crippen molar-refractivity contribution in [3.05, 3.63) is 23.8 Å². The molecule has 0 bridgehead atoms. The molecule has 0 unspecified atom stereocenters. The van der Waals surface area contributed by atoms with Gasteiger partial charge in [-0.15, -0.1) is 0 Å². The Kier molecular flexibility index (Phi) is 9.07. The Morgan fingerprint density at radius 1 is 1.27 bits per heavy atom. The van der Waals surface area contributed by atoms with Crippen molar-refractivity contribution in [2.75, 3.05) is 33.0 Å². The van der Waals surface area contributed by atoms with Gasteiger partial charge in [0.15, 0.2) is 5.96 Å². The molecule has 0 atom stereocenters. The largest absolute Gasteiger partial charge is 0.497 e. The van der Waals surface area contributed by atoms with Gasteiger partial charge in [0.2, 0.25) is 10.0 Å². The van der Waals surface area contributed by atoms with Crippen molar-refractivity contribution in [3.63, 3.8) is 0 Å². The van der Waals surface area contributed by atoms with Crippen molar-refractivity contribution < 1.29 is 26.7 Å². The molecule has 0 aliphatic heterocycles. The van der Waals surface area contributed by atoms with Crippen molar-refractivity contribution in [2.45, 2.75) is 20.1 Å². The third-order valence-corrected chi connectivity index (χ3v) is 4.68. The van der Waals surface area contributed by atoms with E-state index in [2.05, 4.69) is 25.1 Å². The van der Waals surface area contributed by atoms with Crippen LogP contribution in [0.15, 0.2) is 23.2 Å². The highest BCUT2D eigenvalue weighted by Gasteiger charge is 2.12.